The number of hydrogen-bond donors (Lipinski definition) is 3. The van der Waals surface area contributed by atoms with Gasteiger partial charge < -0.3 is 10.8 Å². The largest absolute Gasteiger partial charge is 0.480 e. The average Bonchev–Trinajstić information content (AvgIpc) is 2.50. The first kappa shape index (κ1) is 15.7. The molecule has 0 saturated heterocycles. The lowest BCUT2D eigenvalue weighted by molar-refractivity contribution is -0.138. The van der Waals surface area contributed by atoms with Gasteiger partial charge in [0, 0.05) is 12.1 Å². The molecule has 4 N–H and O–H groups in total. The van der Waals surface area contributed by atoms with Crippen molar-refractivity contribution < 1.29 is 18.3 Å². The van der Waals surface area contributed by atoms with Crippen molar-refractivity contribution in [2.24, 2.45) is 5.73 Å². The van der Waals surface area contributed by atoms with Crippen molar-refractivity contribution in [3.8, 4) is 0 Å². The average molecular weight is 333 g/mol. The van der Waals surface area contributed by atoms with Gasteiger partial charge in [-0.2, -0.15) is 0 Å². The Balaban J connectivity index is 2.97. The summed E-state index contributed by atoms with van der Waals surface area (Å²) in [7, 11) is -3.93. The molecule has 6 nitrogen and oxygen atoms in total. The monoisotopic (exact) mass is 332 g/mol. The first-order chi connectivity index (χ1) is 8.16. The molecule has 0 aliphatic heterocycles. The molecule has 0 saturated carbocycles. The molecule has 1 unspecified atom stereocenters. The molecule has 102 valence electrons. The van der Waals surface area contributed by atoms with Gasteiger partial charge in [0.1, 0.15) is 15.3 Å². The van der Waals surface area contributed by atoms with Crippen LogP contribution in [0.4, 0.5) is 0 Å². The summed E-state index contributed by atoms with van der Waals surface area (Å²) in [5, 5.41) is 8.56. The lowest BCUT2D eigenvalue weighted by atomic mass is 10.3. The van der Waals surface area contributed by atoms with E-state index in [4.69, 9.17) is 34.0 Å². The second-order valence-corrected chi connectivity index (χ2v) is 7.33. The smallest absolute Gasteiger partial charge is 0.321 e. The highest BCUT2D eigenvalue weighted by Crippen LogP contribution is 2.38. The molecule has 1 rings (SSSR count). The van der Waals surface area contributed by atoms with Crippen LogP contribution in [0.5, 0.6) is 0 Å². The van der Waals surface area contributed by atoms with Crippen molar-refractivity contribution in [1.29, 1.82) is 0 Å². The number of nitrogens with two attached hydrogens (primary N) is 1. The van der Waals surface area contributed by atoms with Gasteiger partial charge in [-0.05, 0) is 6.92 Å². The highest BCUT2D eigenvalue weighted by molar-refractivity contribution is 7.89. The predicted octanol–water partition coefficient (Wildman–Crippen LogP) is 1.05. The number of halogens is 2. The SMILES string of the molecule is Cc1c(Cl)sc(Cl)c1S(=O)(=O)NCC(N)C(=O)O. The molecule has 1 aromatic heterocycles. The fraction of sp³-hybridized carbons (Fsp3) is 0.375. The fourth-order valence-electron chi connectivity index (χ4n) is 1.10. The summed E-state index contributed by atoms with van der Waals surface area (Å²) >= 11 is 12.5. The summed E-state index contributed by atoms with van der Waals surface area (Å²) in [5.41, 5.74) is 5.52. The molecule has 1 heterocycles. The van der Waals surface area contributed by atoms with Crippen LogP contribution in [-0.4, -0.2) is 32.1 Å². The topological polar surface area (TPSA) is 109 Å². The van der Waals surface area contributed by atoms with Crippen LogP contribution in [0.3, 0.4) is 0 Å². The van der Waals surface area contributed by atoms with Crippen molar-refractivity contribution in [2.45, 2.75) is 17.9 Å². The minimum atomic E-state index is -3.93. The van der Waals surface area contributed by atoms with E-state index in [0.29, 0.717) is 5.56 Å². The van der Waals surface area contributed by atoms with Crippen LogP contribution in [-0.2, 0) is 14.8 Å². The Hall–Kier alpha value is -0.380. The summed E-state index contributed by atoms with van der Waals surface area (Å²) < 4.78 is 26.2. The maximum absolute atomic E-state index is 11.9. The van der Waals surface area contributed by atoms with Crippen LogP contribution in [0.25, 0.3) is 0 Å². The first-order valence-electron chi connectivity index (χ1n) is 4.59. The number of rotatable bonds is 5. The third-order valence-corrected chi connectivity index (χ3v) is 5.71. The number of carboxylic acid groups (broad SMARTS) is 1. The Labute approximate surface area is 118 Å². The summed E-state index contributed by atoms with van der Waals surface area (Å²) in [5.74, 6) is -1.30. The number of carbonyl (C=O) groups is 1. The number of carboxylic acids is 1. The number of aliphatic carboxylic acids is 1. The zero-order chi connectivity index (χ0) is 14.1. The standard InChI is InChI=1S/C8H10Cl2N2O4S2/c1-3-5(7(10)17-6(3)9)18(15,16)12-2-4(11)8(13)14/h4,12H,2,11H2,1H3,(H,13,14). The van der Waals surface area contributed by atoms with Gasteiger partial charge in [0.25, 0.3) is 0 Å². The van der Waals surface area contributed by atoms with Crippen LogP contribution in [0.15, 0.2) is 4.90 Å². The lowest BCUT2D eigenvalue weighted by Gasteiger charge is -2.09. The lowest BCUT2D eigenvalue weighted by Crippen LogP contribution is -2.42. The Kier molecular flexibility index (Phi) is 4.98. The van der Waals surface area contributed by atoms with E-state index >= 15 is 0 Å². The van der Waals surface area contributed by atoms with E-state index in [0.717, 1.165) is 11.3 Å². The van der Waals surface area contributed by atoms with Crippen LogP contribution < -0.4 is 10.5 Å². The summed E-state index contributed by atoms with van der Waals surface area (Å²) in [6.45, 7) is 1.08. The van der Waals surface area contributed by atoms with Gasteiger partial charge in [0.05, 0.1) is 4.34 Å². The zero-order valence-electron chi connectivity index (χ0n) is 9.11. The van der Waals surface area contributed by atoms with Crippen LogP contribution in [0.1, 0.15) is 5.56 Å². The first-order valence-corrected chi connectivity index (χ1v) is 7.64. The number of thiophene rings is 1. The molecule has 0 aliphatic carbocycles. The van der Waals surface area contributed by atoms with Gasteiger partial charge in [0.2, 0.25) is 10.0 Å². The molecule has 1 atom stereocenters. The van der Waals surface area contributed by atoms with Gasteiger partial charge in [-0.25, -0.2) is 13.1 Å². The predicted molar refractivity (Wildman–Crippen MR) is 69.9 cm³/mol. The molecule has 0 aliphatic rings. The van der Waals surface area contributed by atoms with E-state index in [1.165, 1.54) is 6.92 Å². The number of hydrogen-bond acceptors (Lipinski definition) is 5. The van der Waals surface area contributed by atoms with Gasteiger partial charge >= 0.3 is 5.97 Å². The van der Waals surface area contributed by atoms with E-state index in [9.17, 15) is 13.2 Å². The van der Waals surface area contributed by atoms with Gasteiger partial charge in [-0.3, -0.25) is 4.79 Å². The molecule has 0 radical (unpaired) electrons. The minimum Gasteiger partial charge on any atom is -0.480 e. The van der Waals surface area contributed by atoms with Crippen molar-refractivity contribution in [1.82, 2.24) is 4.72 Å². The number of nitrogens with one attached hydrogen (secondary N) is 1. The van der Waals surface area contributed by atoms with Crippen molar-refractivity contribution >= 4 is 50.5 Å². The molecule has 0 amide bonds. The van der Waals surface area contributed by atoms with E-state index in [1.54, 1.807) is 0 Å². The molecule has 0 spiro atoms. The molecule has 18 heavy (non-hydrogen) atoms. The normalized spacial score (nSPS) is 13.6. The highest BCUT2D eigenvalue weighted by atomic mass is 35.5. The van der Waals surface area contributed by atoms with E-state index in [2.05, 4.69) is 4.72 Å². The van der Waals surface area contributed by atoms with E-state index < -0.39 is 28.6 Å². The Bertz CT molecular complexity index is 570. The van der Waals surface area contributed by atoms with Gasteiger partial charge in [-0.15, -0.1) is 11.3 Å². The zero-order valence-corrected chi connectivity index (χ0v) is 12.3. The Morgan fingerprint density at radius 3 is 2.44 bits per heavy atom. The quantitative estimate of drug-likeness (QED) is 0.746. The van der Waals surface area contributed by atoms with Crippen molar-refractivity contribution in [3.05, 3.63) is 14.2 Å². The summed E-state index contributed by atoms with van der Waals surface area (Å²) in [4.78, 5) is 10.3. The van der Waals surface area contributed by atoms with Gasteiger partial charge in [-0.1, -0.05) is 23.2 Å². The van der Waals surface area contributed by atoms with Crippen LogP contribution >= 0.6 is 34.5 Å². The third-order valence-electron chi connectivity index (χ3n) is 2.07. The van der Waals surface area contributed by atoms with Gasteiger partial charge in [0.15, 0.2) is 0 Å². The van der Waals surface area contributed by atoms with E-state index in [1.807, 2.05) is 0 Å². The van der Waals surface area contributed by atoms with E-state index in [-0.39, 0.29) is 13.6 Å². The van der Waals surface area contributed by atoms with Crippen molar-refractivity contribution in [3.63, 3.8) is 0 Å². The second kappa shape index (κ2) is 5.72. The molecule has 10 heteroatoms. The minimum absolute atomic E-state index is 0.0221. The number of sulfonamides is 1. The fourth-order valence-corrected chi connectivity index (χ4v) is 4.72. The van der Waals surface area contributed by atoms with Crippen LogP contribution in [0.2, 0.25) is 8.67 Å². The summed E-state index contributed by atoms with van der Waals surface area (Å²) in [6, 6.07) is -1.33. The molecule has 1 aromatic rings. The molecule has 0 fully saturated rings. The molecular weight excluding hydrogens is 323 g/mol. The second-order valence-electron chi connectivity index (χ2n) is 3.40. The molecule has 0 aromatic carbocycles. The molecular formula is C8H10Cl2N2O4S2. The summed E-state index contributed by atoms with van der Waals surface area (Å²) in [6.07, 6.45) is 0. The Morgan fingerprint density at radius 2 is 2.06 bits per heavy atom. The Morgan fingerprint density at radius 1 is 1.50 bits per heavy atom. The third kappa shape index (κ3) is 3.34. The van der Waals surface area contributed by atoms with Crippen molar-refractivity contribution in [2.75, 3.05) is 6.54 Å². The maximum Gasteiger partial charge on any atom is 0.321 e. The molecule has 0 bridgehead atoms. The van der Waals surface area contributed by atoms with Crippen LogP contribution in [0, 0.1) is 6.92 Å². The highest BCUT2D eigenvalue weighted by Gasteiger charge is 2.26. The maximum atomic E-state index is 11.9.